The van der Waals surface area contributed by atoms with Crippen LogP contribution in [-0.4, -0.2) is 22.1 Å². The number of imide groups is 1. The summed E-state index contributed by atoms with van der Waals surface area (Å²) in [5.41, 5.74) is 1.10. The van der Waals surface area contributed by atoms with Gasteiger partial charge in [0.2, 0.25) is 0 Å². The molecule has 0 aliphatic carbocycles. The largest absolute Gasteiger partial charge is 0.288 e. The summed E-state index contributed by atoms with van der Waals surface area (Å²) in [6.07, 6.45) is 0. The molecule has 1 aromatic rings. The van der Waals surface area contributed by atoms with Crippen LogP contribution in [-0.2, 0) is 0 Å². The summed E-state index contributed by atoms with van der Waals surface area (Å²) in [6, 6.07) is 5.36. The maximum absolute atomic E-state index is 11.2. The predicted molar refractivity (Wildman–Crippen MR) is 47.8 cm³/mol. The summed E-state index contributed by atoms with van der Waals surface area (Å²) in [5, 5.41) is 3.25. The van der Waals surface area contributed by atoms with Gasteiger partial charge in [-0.3, -0.25) is 14.9 Å². The zero-order valence-corrected chi connectivity index (χ0v) is 8.55. The summed E-state index contributed by atoms with van der Waals surface area (Å²) >= 11 is 0. The third-order valence-electron chi connectivity index (χ3n) is 1.97. The SMILES string of the molecule is O=C1NC(=O)c2c([SiH3])cccc21. The van der Waals surface area contributed by atoms with E-state index in [-0.39, 0.29) is 11.8 Å². The maximum Gasteiger partial charge on any atom is 0.258 e. The second-order valence-electron chi connectivity index (χ2n) is 2.78. The molecule has 12 heavy (non-hydrogen) atoms. The van der Waals surface area contributed by atoms with E-state index in [2.05, 4.69) is 5.32 Å². The van der Waals surface area contributed by atoms with Crippen LogP contribution in [0.5, 0.6) is 0 Å². The second-order valence-corrected chi connectivity index (χ2v) is 3.86. The van der Waals surface area contributed by atoms with Crippen molar-refractivity contribution in [3.8, 4) is 0 Å². The van der Waals surface area contributed by atoms with E-state index in [1.54, 1.807) is 12.1 Å². The van der Waals surface area contributed by atoms with Gasteiger partial charge in [0.1, 0.15) is 0 Å². The van der Waals surface area contributed by atoms with Crippen LogP contribution in [0.1, 0.15) is 20.7 Å². The molecule has 0 atom stereocenters. The minimum absolute atomic E-state index is 0.249. The van der Waals surface area contributed by atoms with E-state index in [1.807, 2.05) is 6.07 Å². The smallest absolute Gasteiger partial charge is 0.258 e. The Balaban J connectivity index is 2.75. The number of amides is 2. The fourth-order valence-electron chi connectivity index (χ4n) is 1.39. The molecule has 0 saturated carbocycles. The first-order chi connectivity index (χ1) is 5.70. The topological polar surface area (TPSA) is 46.2 Å². The number of hydrogen-bond donors (Lipinski definition) is 1. The van der Waals surface area contributed by atoms with Crippen LogP contribution in [0.3, 0.4) is 0 Å². The first-order valence-electron chi connectivity index (χ1n) is 3.65. The number of carbonyl (C=O) groups is 2. The monoisotopic (exact) mass is 177 g/mol. The van der Waals surface area contributed by atoms with Crippen molar-refractivity contribution in [1.29, 1.82) is 0 Å². The molecule has 0 fully saturated rings. The van der Waals surface area contributed by atoms with E-state index >= 15 is 0 Å². The van der Waals surface area contributed by atoms with Crippen LogP contribution < -0.4 is 10.5 Å². The molecule has 2 amide bonds. The van der Waals surface area contributed by atoms with Gasteiger partial charge in [0, 0.05) is 10.2 Å². The van der Waals surface area contributed by atoms with Crippen molar-refractivity contribution in [3.05, 3.63) is 29.3 Å². The van der Waals surface area contributed by atoms with Gasteiger partial charge in [-0.05, 0) is 6.07 Å². The van der Waals surface area contributed by atoms with E-state index in [9.17, 15) is 9.59 Å². The second kappa shape index (κ2) is 2.28. The molecule has 0 unspecified atom stereocenters. The molecule has 0 spiro atoms. The fraction of sp³-hybridized carbons (Fsp3) is 0. The Hall–Kier alpha value is -1.42. The summed E-state index contributed by atoms with van der Waals surface area (Å²) in [4.78, 5) is 22.3. The van der Waals surface area contributed by atoms with Gasteiger partial charge in [0.05, 0.1) is 11.1 Å². The van der Waals surface area contributed by atoms with Gasteiger partial charge >= 0.3 is 0 Å². The van der Waals surface area contributed by atoms with Crippen LogP contribution in [0.2, 0.25) is 0 Å². The van der Waals surface area contributed by atoms with Gasteiger partial charge in [-0.1, -0.05) is 17.3 Å². The van der Waals surface area contributed by atoms with Gasteiger partial charge in [0.25, 0.3) is 11.8 Å². The number of carbonyl (C=O) groups excluding carboxylic acids is 2. The highest BCUT2D eigenvalue weighted by atomic mass is 28.1. The van der Waals surface area contributed by atoms with E-state index in [4.69, 9.17) is 0 Å². The maximum atomic E-state index is 11.2. The molecule has 1 aromatic carbocycles. The van der Waals surface area contributed by atoms with E-state index in [0.717, 1.165) is 15.4 Å². The molecule has 2 rings (SSSR count). The minimum Gasteiger partial charge on any atom is -0.288 e. The zero-order valence-electron chi connectivity index (χ0n) is 6.55. The van der Waals surface area contributed by atoms with Crippen LogP contribution >= 0.6 is 0 Å². The molecule has 0 radical (unpaired) electrons. The summed E-state index contributed by atoms with van der Waals surface area (Å²) in [6.45, 7) is 0. The molecule has 4 heteroatoms. The number of rotatable bonds is 0. The van der Waals surface area contributed by atoms with Crippen molar-refractivity contribution in [1.82, 2.24) is 5.32 Å². The van der Waals surface area contributed by atoms with Gasteiger partial charge in [-0.25, -0.2) is 0 Å². The molecule has 0 bridgehead atoms. The lowest BCUT2D eigenvalue weighted by Crippen LogP contribution is -2.22. The Morgan fingerprint density at radius 2 is 1.92 bits per heavy atom. The van der Waals surface area contributed by atoms with Crippen molar-refractivity contribution >= 4 is 27.2 Å². The van der Waals surface area contributed by atoms with E-state index in [1.165, 1.54) is 0 Å². The Kier molecular flexibility index (Phi) is 1.38. The highest BCUT2D eigenvalue weighted by Gasteiger charge is 2.27. The number of fused-ring (bicyclic) bond motifs is 1. The van der Waals surface area contributed by atoms with Gasteiger partial charge < -0.3 is 0 Å². The normalized spacial score (nSPS) is 14.7. The van der Waals surface area contributed by atoms with E-state index < -0.39 is 0 Å². The van der Waals surface area contributed by atoms with Crippen LogP contribution in [0, 0.1) is 0 Å². The number of benzene rings is 1. The average Bonchev–Trinajstić information content (AvgIpc) is 2.29. The highest BCUT2D eigenvalue weighted by molar-refractivity contribution is 6.40. The quantitative estimate of drug-likeness (QED) is 0.390. The molecule has 3 nitrogen and oxygen atoms in total. The lowest BCUT2D eigenvalue weighted by molar-refractivity contribution is 0.0880. The standard InChI is InChI=1S/C8H7NO2Si/c10-7-4-2-1-3-5(12)6(4)8(11)9-7/h1-3H,12H3,(H,9,10,11). The van der Waals surface area contributed by atoms with Gasteiger partial charge in [-0.15, -0.1) is 0 Å². The summed E-state index contributed by atoms with van der Waals surface area (Å²) < 4.78 is 0. The molecule has 1 aliphatic rings. The summed E-state index contributed by atoms with van der Waals surface area (Å²) in [5.74, 6) is -0.520. The lowest BCUT2D eigenvalue weighted by Gasteiger charge is -1.96. The van der Waals surface area contributed by atoms with Gasteiger partial charge in [-0.2, -0.15) is 0 Å². The van der Waals surface area contributed by atoms with Crippen LogP contribution in [0.25, 0.3) is 0 Å². The molecular formula is C8H7NO2Si. The summed E-state index contributed by atoms with van der Waals surface area (Å²) in [7, 11) is 0.790. The van der Waals surface area contributed by atoms with E-state index in [0.29, 0.717) is 11.1 Å². The highest BCUT2D eigenvalue weighted by Crippen LogP contribution is 2.11. The molecular weight excluding hydrogens is 170 g/mol. The lowest BCUT2D eigenvalue weighted by atomic mass is 10.1. The Morgan fingerprint density at radius 1 is 1.17 bits per heavy atom. The Bertz CT molecular complexity index is 387. The third-order valence-corrected chi connectivity index (χ3v) is 2.80. The average molecular weight is 177 g/mol. The number of hydrogen-bond acceptors (Lipinski definition) is 2. The zero-order chi connectivity index (χ0) is 8.72. The molecule has 0 saturated heterocycles. The van der Waals surface area contributed by atoms with Crippen molar-refractivity contribution in [2.45, 2.75) is 0 Å². The van der Waals surface area contributed by atoms with Crippen molar-refractivity contribution in [3.63, 3.8) is 0 Å². The molecule has 1 aliphatic heterocycles. The van der Waals surface area contributed by atoms with Crippen LogP contribution in [0.15, 0.2) is 18.2 Å². The van der Waals surface area contributed by atoms with Crippen molar-refractivity contribution in [2.24, 2.45) is 0 Å². The van der Waals surface area contributed by atoms with Crippen molar-refractivity contribution < 1.29 is 9.59 Å². The first-order valence-corrected chi connectivity index (χ1v) is 4.65. The fourth-order valence-corrected chi connectivity index (χ4v) is 2.08. The van der Waals surface area contributed by atoms with Gasteiger partial charge in [0.15, 0.2) is 0 Å². The van der Waals surface area contributed by atoms with Crippen LogP contribution in [0.4, 0.5) is 0 Å². The molecule has 0 aromatic heterocycles. The number of nitrogens with one attached hydrogen (secondary N) is 1. The molecule has 1 N–H and O–H groups in total. The Labute approximate surface area is 72.2 Å². The molecule has 1 heterocycles. The van der Waals surface area contributed by atoms with Crippen molar-refractivity contribution in [2.75, 3.05) is 0 Å². The Morgan fingerprint density at radius 3 is 2.58 bits per heavy atom. The third kappa shape index (κ3) is 0.815. The predicted octanol–water partition coefficient (Wildman–Crippen LogP) is -1.44. The first kappa shape index (κ1) is 7.24. The molecule has 60 valence electrons. The minimum atomic E-state index is -0.271.